The van der Waals surface area contributed by atoms with E-state index >= 15 is 0 Å². The summed E-state index contributed by atoms with van der Waals surface area (Å²) in [6.07, 6.45) is 12.3. The average Bonchev–Trinajstić information content (AvgIpc) is 3.52. The highest BCUT2D eigenvalue weighted by Crippen LogP contribution is 2.39. The summed E-state index contributed by atoms with van der Waals surface area (Å²) in [4.78, 5) is 28.3. The van der Waals surface area contributed by atoms with E-state index in [1.54, 1.807) is 48.5 Å². The molecule has 8 rings (SSSR count). The molecule has 0 amide bonds. The molecule has 0 fully saturated rings. The number of benzene rings is 6. The largest absolute Gasteiger partial charge is 0.507 e. The highest BCUT2D eigenvalue weighted by Gasteiger charge is 2.21. The third-order valence-corrected chi connectivity index (χ3v) is 12.5. The van der Waals surface area contributed by atoms with Crippen LogP contribution in [-0.4, -0.2) is 78.3 Å². The lowest BCUT2D eigenvalue weighted by Crippen LogP contribution is -2.04. The van der Waals surface area contributed by atoms with Crippen LogP contribution in [0.3, 0.4) is 0 Å². The van der Waals surface area contributed by atoms with Gasteiger partial charge >= 0.3 is 0 Å². The number of phenolic OH excluding ortho intramolecular Hbond substituents is 3. The number of aromatic nitrogens is 6. The quantitative estimate of drug-likeness (QED) is 0.0394. The standard InChI is InChI=1S/C37H47N3O6.C27H27N3O2/c1-5-9-19-43-26-13-16-29(32(41)23-26)35-38-36(30-17-14-27(24-33(30)42)44-20-10-6-2)40-37(39-35)31-18-15-28(45-21-11-7-3)25-34(31)46-22-12-8-4;1-2-3-4-11-18-32-22-16-17-23(24(31)19-22)27-29-25(20-12-7-5-8-13-20)28-26(30-27)21-14-9-6-10-15-21/h13-18,23-25,41-42H,5-12,19-22H2,1-4H3;5-10,12-17,19,31H,2-4,11,18H2,1H3. The Labute approximate surface area is 459 Å². The molecule has 0 unspecified atom stereocenters. The Morgan fingerprint density at radius 1 is 0.295 bits per heavy atom. The molecule has 0 saturated carbocycles. The zero-order valence-electron chi connectivity index (χ0n) is 45.8. The van der Waals surface area contributed by atoms with Crippen molar-refractivity contribution in [1.82, 2.24) is 29.9 Å². The van der Waals surface area contributed by atoms with Crippen molar-refractivity contribution in [2.24, 2.45) is 0 Å². The van der Waals surface area contributed by atoms with Crippen molar-refractivity contribution in [2.75, 3.05) is 33.0 Å². The molecule has 3 N–H and O–H groups in total. The van der Waals surface area contributed by atoms with E-state index < -0.39 is 0 Å². The summed E-state index contributed by atoms with van der Waals surface area (Å²) in [6.45, 7) is 13.5. The van der Waals surface area contributed by atoms with Gasteiger partial charge in [0.15, 0.2) is 34.9 Å². The highest BCUT2D eigenvalue weighted by molar-refractivity contribution is 5.75. The predicted molar refractivity (Wildman–Crippen MR) is 309 cm³/mol. The molecule has 14 heteroatoms. The van der Waals surface area contributed by atoms with Gasteiger partial charge in [0.25, 0.3) is 0 Å². The molecule has 408 valence electrons. The molecule has 6 aromatic carbocycles. The molecular formula is C64H74N6O8. The zero-order valence-corrected chi connectivity index (χ0v) is 45.8. The molecule has 78 heavy (non-hydrogen) atoms. The second kappa shape index (κ2) is 30.5. The van der Waals surface area contributed by atoms with Gasteiger partial charge in [0.1, 0.15) is 46.0 Å². The van der Waals surface area contributed by atoms with Crippen molar-refractivity contribution in [3.8, 4) is 114 Å². The predicted octanol–water partition coefficient (Wildman–Crippen LogP) is 15.5. The number of phenols is 3. The lowest BCUT2D eigenvalue weighted by molar-refractivity contribution is 0.295. The van der Waals surface area contributed by atoms with E-state index in [1.165, 1.54) is 12.8 Å². The van der Waals surface area contributed by atoms with Crippen LogP contribution in [0.1, 0.15) is 112 Å². The number of aromatic hydroxyl groups is 3. The third-order valence-electron chi connectivity index (χ3n) is 12.5. The Morgan fingerprint density at radius 2 is 0.603 bits per heavy atom. The van der Waals surface area contributed by atoms with E-state index in [4.69, 9.17) is 38.6 Å². The summed E-state index contributed by atoms with van der Waals surface area (Å²) in [5.41, 5.74) is 3.76. The van der Waals surface area contributed by atoms with Gasteiger partial charge in [-0.2, -0.15) is 0 Å². The molecule has 0 bridgehead atoms. The molecule has 14 nitrogen and oxygen atoms in total. The second-order valence-corrected chi connectivity index (χ2v) is 18.8. The summed E-state index contributed by atoms with van der Waals surface area (Å²) in [7, 11) is 0. The van der Waals surface area contributed by atoms with Gasteiger partial charge in [-0.25, -0.2) is 29.9 Å². The van der Waals surface area contributed by atoms with Gasteiger partial charge < -0.3 is 39.0 Å². The fourth-order valence-electron chi connectivity index (χ4n) is 7.98. The fraction of sp³-hybridized carbons (Fsp3) is 0.344. The van der Waals surface area contributed by atoms with Crippen LogP contribution in [0, 0.1) is 0 Å². The minimum Gasteiger partial charge on any atom is -0.507 e. The molecule has 0 aliphatic carbocycles. The molecular weight excluding hydrogens is 981 g/mol. The summed E-state index contributed by atoms with van der Waals surface area (Å²) < 4.78 is 29.6. The zero-order chi connectivity index (χ0) is 54.9. The molecule has 0 atom stereocenters. The van der Waals surface area contributed by atoms with Crippen LogP contribution in [0.15, 0.2) is 133 Å². The van der Waals surface area contributed by atoms with E-state index in [2.05, 4.69) is 49.6 Å². The monoisotopic (exact) mass is 1050 g/mol. The van der Waals surface area contributed by atoms with Crippen molar-refractivity contribution in [3.05, 3.63) is 133 Å². The second-order valence-electron chi connectivity index (χ2n) is 18.8. The maximum absolute atomic E-state index is 11.1. The lowest BCUT2D eigenvalue weighted by atomic mass is 10.1. The first-order chi connectivity index (χ1) is 38.2. The summed E-state index contributed by atoms with van der Waals surface area (Å²) in [5.74, 6) is 5.42. The van der Waals surface area contributed by atoms with E-state index in [-0.39, 0.29) is 28.9 Å². The fourth-order valence-corrected chi connectivity index (χ4v) is 7.98. The molecule has 0 radical (unpaired) electrons. The smallest absolute Gasteiger partial charge is 0.167 e. The minimum absolute atomic E-state index is 0.0277. The summed E-state index contributed by atoms with van der Waals surface area (Å²) in [6, 6.07) is 40.6. The van der Waals surface area contributed by atoms with Crippen molar-refractivity contribution in [3.63, 3.8) is 0 Å². The number of ether oxygens (including phenoxy) is 5. The van der Waals surface area contributed by atoms with Gasteiger partial charge in [-0.15, -0.1) is 0 Å². The van der Waals surface area contributed by atoms with Gasteiger partial charge in [-0.3, -0.25) is 0 Å². The highest BCUT2D eigenvalue weighted by atomic mass is 16.5. The number of rotatable bonds is 28. The van der Waals surface area contributed by atoms with Gasteiger partial charge in [-0.05, 0) is 80.6 Å². The van der Waals surface area contributed by atoms with Crippen LogP contribution in [0.25, 0.3) is 68.3 Å². The van der Waals surface area contributed by atoms with E-state index in [0.717, 1.165) is 75.3 Å². The number of hydrogen-bond donors (Lipinski definition) is 3. The van der Waals surface area contributed by atoms with Gasteiger partial charge in [-0.1, -0.05) is 140 Å². The van der Waals surface area contributed by atoms with Crippen LogP contribution in [0.5, 0.6) is 46.0 Å². The minimum atomic E-state index is -0.0277. The Morgan fingerprint density at radius 3 is 0.974 bits per heavy atom. The molecule has 2 heterocycles. The Balaban J connectivity index is 0.000000241. The molecule has 0 aliphatic rings. The van der Waals surface area contributed by atoms with Crippen LogP contribution in [0.4, 0.5) is 0 Å². The topological polar surface area (TPSA) is 184 Å². The van der Waals surface area contributed by atoms with Crippen molar-refractivity contribution < 1.29 is 39.0 Å². The van der Waals surface area contributed by atoms with Crippen LogP contribution in [0.2, 0.25) is 0 Å². The molecule has 8 aromatic rings. The van der Waals surface area contributed by atoms with Crippen molar-refractivity contribution >= 4 is 0 Å². The van der Waals surface area contributed by atoms with Crippen molar-refractivity contribution in [2.45, 2.75) is 112 Å². The van der Waals surface area contributed by atoms with E-state index in [1.807, 2.05) is 84.9 Å². The Kier molecular flexibility index (Phi) is 22.4. The number of unbranched alkanes of at least 4 members (excludes halogenated alkanes) is 7. The van der Waals surface area contributed by atoms with Gasteiger partial charge in [0.2, 0.25) is 0 Å². The van der Waals surface area contributed by atoms with E-state index in [9.17, 15) is 15.3 Å². The maximum Gasteiger partial charge on any atom is 0.167 e. The first-order valence-corrected chi connectivity index (χ1v) is 27.6. The SMILES string of the molecule is CCCCCCOc1ccc(-c2nc(-c3ccccc3)nc(-c3ccccc3)n2)c(O)c1.CCCCOc1ccc(-c2nc(-c3ccc(OCCCC)cc3O)nc(-c3ccc(OCCCC)cc3OCCCC)n2)c(O)c1. The number of hydrogen-bond acceptors (Lipinski definition) is 14. The molecule has 2 aromatic heterocycles. The molecule has 0 aliphatic heterocycles. The average molecular weight is 1060 g/mol. The van der Waals surface area contributed by atoms with Crippen molar-refractivity contribution in [1.29, 1.82) is 0 Å². The molecule has 0 saturated heterocycles. The normalized spacial score (nSPS) is 10.9. The lowest BCUT2D eigenvalue weighted by Gasteiger charge is -2.15. The Bertz CT molecular complexity index is 2970. The summed E-state index contributed by atoms with van der Waals surface area (Å²) >= 11 is 0. The van der Waals surface area contributed by atoms with Crippen LogP contribution in [-0.2, 0) is 0 Å². The van der Waals surface area contributed by atoms with Gasteiger partial charge in [0, 0.05) is 35.4 Å². The maximum atomic E-state index is 11.1. The van der Waals surface area contributed by atoms with Gasteiger partial charge in [0.05, 0.1) is 55.3 Å². The van der Waals surface area contributed by atoms with Crippen LogP contribution < -0.4 is 23.7 Å². The Hall–Kier alpha value is -8.26. The van der Waals surface area contributed by atoms with Crippen LogP contribution >= 0.6 is 0 Å². The number of nitrogens with zero attached hydrogens (tertiary/aromatic N) is 6. The molecule has 0 spiro atoms. The van der Waals surface area contributed by atoms with E-state index in [0.29, 0.717) is 107 Å². The third kappa shape index (κ3) is 16.6. The first-order valence-electron chi connectivity index (χ1n) is 27.6. The summed E-state index contributed by atoms with van der Waals surface area (Å²) in [5, 5.41) is 32.9. The first kappa shape index (κ1) is 57.4.